The third-order valence-corrected chi connectivity index (χ3v) is 3.95. The molecule has 2 aromatic heterocycles. The Balaban J connectivity index is 2.39. The van der Waals surface area contributed by atoms with Gasteiger partial charge in [0.05, 0.1) is 5.39 Å². The van der Waals surface area contributed by atoms with Crippen LogP contribution in [0.3, 0.4) is 0 Å². The van der Waals surface area contributed by atoms with Crippen LogP contribution in [0.25, 0.3) is 11.0 Å². The minimum Gasteiger partial charge on any atom is -0.481 e. The van der Waals surface area contributed by atoms with Gasteiger partial charge < -0.3 is 10.4 Å². The van der Waals surface area contributed by atoms with Gasteiger partial charge >= 0.3 is 11.7 Å². The Morgan fingerprint density at radius 2 is 1.84 bits per heavy atom. The molecule has 0 bridgehead atoms. The van der Waals surface area contributed by atoms with E-state index >= 15 is 0 Å². The number of carboxylic acids is 1. The average molecular weight is 348 g/mol. The maximum Gasteiger partial charge on any atom is 0.332 e. The molecule has 0 unspecified atom stereocenters. The molecule has 0 aliphatic carbocycles. The molecule has 9 heteroatoms. The SMILES string of the molecule is Cn1c(=O)c2ccc(C(=O)NC(C)(C)CCC(=O)O)nc2n(C)c1=O. The molecule has 0 radical (unpaired) electrons. The lowest BCUT2D eigenvalue weighted by Gasteiger charge is -2.25. The lowest BCUT2D eigenvalue weighted by atomic mass is 9.98. The van der Waals surface area contributed by atoms with Crippen LogP contribution in [0.2, 0.25) is 0 Å². The number of carbonyl (C=O) groups is 2. The van der Waals surface area contributed by atoms with Crippen LogP contribution in [0.4, 0.5) is 0 Å². The van der Waals surface area contributed by atoms with Crippen molar-refractivity contribution >= 4 is 22.9 Å². The van der Waals surface area contributed by atoms with E-state index in [4.69, 9.17) is 5.11 Å². The number of aliphatic carboxylic acids is 1. The summed E-state index contributed by atoms with van der Waals surface area (Å²) in [4.78, 5) is 51.3. The van der Waals surface area contributed by atoms with E-state index in [0.29, 0.717) is 0 Å². The van der Waals surface area contributed by atoms with E-state index in [1.165, 1.54) is 30.8 Å². The molecular formula is C16H20N4O5. The highest BCUT2D eigenvalue weighted by Crippen LogP contribution is 2.13. The lowest BCUT2D eigenvalue weighted by molar-refractivity contribution is -0.137. The number of pyridine rings is 1. The van der Waals surface area contributed by atoms with Crippen molar-refractivity contribution < 1.29 is 14.7 Å². The van der Waals surface area contributed by atoms with Gasteiger partial charge in [-0.3, -0.25) is 23.5 Å². The highest BCUT2D eigenvalue weighted by molar-refractivity contribution is 5.94. The third kappa shape index (κ3) is 3.76. The summed E-state index contributed by atoms with van der Waals surface area (Å²) in [6.45, 7) is 3.42. The molecule has 25 heavy (non-hydrogen) atoms. The molecule has 1 amide bonds. The number of carbonyl (C=O) groups excluding carboxylic acids is 1. The Kier molecular flexibility index (Phi) is 4.78. The van der Waals surface area contributed by atoms with E-state index in [9.17, 15) is 19.2 Å². The molecule has 0 aliphatic heterocycles. The van der Waals surface area contributed by atoms with E-state index in [2.05, 4.69) is 10.3 Å². The molecule has 0 saturated carbocycles. The van der Waals surface area contributed by atoms with E-state index in [-0.39, 0.29) is 29.6 Å². The molecule has 0 aliphatic rings. The molecule has 134 valence electrons. The summed E-state index contributed by atoms with van der Waals surface area (Å²) in [6.07, 6.45) is 0.170. The van der Waals surface area contributed by atoms with Crippen molar-refractivity contribution in [3.63, 3.8) is 0 Å². The summed E-state index contributed by atoms with van der Waals surface area (Å²) in [5.41, 5.74) is -1.61. The number of nitrogens with zero attached hydrogens (tertiary/aromatic N) is 3. The Labute approximate surface area is 142 Å². The molecule has 0 saturated heterocycles. The Bertz CT molecular complexity index is 971. The van der Waals surface area contributed by atoms with Gasteiger partial charge in [0.2, 0.25) is 0 Å². The van der Waals surface area contributed by atoms with Crippen molar-refractivity contribution in [2.24, 2.45) is 14.1 Å². The number of carboxylic acid groups (broad SMARTS) is 1. The zero-order valence-corrected chi connectivity index (χ0v) is 14.5. The normalized spacial score (nSPS) is 11.5. The van der Waals surface area contributed by atoms with Gasteiger partial charge in [-0.05, 0) is 32.4 Å². The van der Waals surface area contributed by atoms with Crippen LogP contribution in [-0.2, 0) is 18.9 Å². The first kappa shape index (κ1) is 18.4. The number of hydrogen-bond donors (Lipinski definition) is 2. The van der Waals surface area contributed by atoms with Crippen LogP contribution in [0, 0.1) is 0 Å². The van der Waals surface area contributed by atoms with Crippen LogP contribution in [-0.4, -0.2) is 36.6 Å². The maximum absolute atomic E-state index is 12.4. The highest BCUT2D eigenvalue weighted by atomic mass is 16.4. The Hall–Kier alpha value is -2.97. The van der Waals surface area contributed by atoms with E-state index < -0.39 is 28.7 Å². The number of hydrogen-bond acceptors (Lipinski definition) is 5. The monoisotopic (exact) mass is 348 g/mol. The zero-order valence-electron chi connectivity index (χ0n) is 14.5. The number of nitrogens with one attached hydrogen (secondary N) is 1. The molecule has 0 spiro atoms. The van der Waals surface area contributed by atoms with Crippen LogP contribution < -0.4 is 16.6 Å². The fraction of sp³-hybridized carbons (Fsp3) is 0.438. The van der Waals surface area contributed by atoms with Crippen molar-refractivity contribution in [1.82, 2.24) is 19.4 Å². The fourth-order valence-corrected chi connectivity index (χ4v) is 2.43. The molecule has 0 fully saturated rings. The maximum atomic E-state index is 12.4. The van der Waals surface area contributed by atoms with E-state index in [1.807, 2.05) is 0 Å². The number of fused-ring (bicyclic) bond motifs is 1. The molecule has 2 heterocycles. The molecule has 0 atom stereocenters. The lowest BCUT2D eigenvalue weighted by Crippen LogP contribution is -2.44. The van der Waals surface area contributed by atoms with Crippen LogP contribution >= 0.6 is 0 Å². The zero-order chi connectivity index (χ0) is 18.9. The Morgan fingerprint density at radius 3 is 2.44 bits per heavy atom. The first-order valence-corrected chi connectivity index (χ1v) is 7.64. The second-order valence-electron chi connectivity index (χ2n) is 6.51. The second kappa shape index (κ2) is 6.50. The van der Waals surface area contributed by atoms with Crippen molar-refractivity contribution in [3.8, 4) is 0 Å². The topological polar surface area (TPSA) is 123 Å². The van der Waals surface area contributed by atoms with Gasteiger partial charge in [-0.1, -0.05) is 0 Å². The van der Waals surface area contributed by atoms with Crippen molar-refractivity contribution in [1.29, 1.82) is 0 Å². The molecule has 0 aromatic carbocycles. The molecule has 9 nitrogen and oxygen atoms in total. The number of aromatic nitrogens is 3. The van der Waals surface area contributed by atoms with E-state index in [0.717, 1.165) is 4.57 Å². The molecule has 2 aromatic rings. The van der Waals surface area contributed by atoms with Gasteiger partial charge in [0.25, 0.3) is 11.5 Å². The minimum absolute atomic E-state index is 0.0409. The number of amides is 1. The molecule has 2 N–H and O–H groups in total. The molecule has 2 rings (SSSR count). The predicted octanol–water partition coefficient (Wildman–Crippen LogP) is 0.00540. The fourth-order valence-electron chi connectivity index (χ4n) is 2.43. The van der Waals surface area contributed by atoms with Gasteiger partial charge in [0.15, 0.2) is 0 Å². The van der Waals surface area contributed by atoms with Crippen molar-refractivity contribution in [2.75, 3.05) is 0 Å². The second-order valence-corrected chi connectivity index (χ2v) is 6.51. The van der Waals surface area contributed by atoms with Crippen LogP contribution in [0.1, 0.15) is 37.2 Å². The largest absolute Gasteiger partial charge is 0.481 e. The van der Waals surface area contributed by atoms with Crippen molar-refractivity contribution in [3.05, 3.63) is 38.7 Å². The van der Waals surface area contributed by atoms with Crippen LogP contribution in [0.5, 0.6) is 0 Å². The summed E-state index contributed by atoms with van der Waals surface area (Å²) < 4.78 is 2.17. The minimum atomic E-state index is -0.947. The van der Waals surface area contributed by atoms with Gasteiger partial charge in [-0.15, -0.1) is 0 Å². The van der Waals surface area contributed by atoms with Gasteiger partial charge in [-0.25, -0.2) is 9.78 Å². The average Bonchev–Trinajstić information content (AvgIpc) is 2.55. The Morgan fingerprint density at radius 1 is 1.20 bits per heavy atom. The summed E-state index contributed by atoms with van der Waals surface area (Å²) in [5.74, 6) is -1.46. The van der Waals surface area contributed by atoms with Gasteiger partial charge in [0.1, 0.15) is 11.3 Å². The third-order valence-electron chi connectivity index (χ3n) is 3.95. The van der Waals surface area contributed by atoms with Gasteiger partial charge in [-0.2, -0.15) is 0 Å². The van der Waals surface area contributed by atoms with Gasteiger partial charge in [0, 0.05) is 26.1 Å². The summed E-state index contributed by atoms with van der Waals surface area (Å²) in [5, 5.41) is 11.7. The standard InChI is InChI=1S/C16H20N4O5/c1-16(2,8-7-11(21)22)18-13(23)10-6-5-9-12(17-10)19(3)15(25)20(4)14(9)24/h5-6H,7-8H2,1-4H3,(H,18,23)(H,21,22). The van der Waals surface area contributed by atoms with E-state index in [1.54, 1.807) is 13.8 Å². The number of aryl methyl sites for hydroxylation is 1. The summed E-state index contributed by atoms with van der Waals surface area (Å²) >= 11 is 0. The predicted molar refractivity (Wildman–Crippen MR) is 90.6 cm³/mol. The van der Waals surface area contributed by atoms with Crippen molar-refractivity contribution in [2.45, 2.75) is 32.2 Å². The quantitative estimate of drug-likeness (QED) is 0.784. The highest BCUT2D eigenvalue weighted by Gasteiger charge is 2.23. The molecular weight excluding hydrogens is 328 g/mol. The summed E-state index contributed by atoms with van der Waals surface area (Å²) in [7, 11) is 2.84. The first-order valence-electron chi connectivity index (χ1n) is 7.64. The first-order chi connectivity index (χ1) is 11.5. The van der Waals surface area contributed by atoms with Crippen LogP contribution in [0.15, 0.2) is 21.7 Å². The smallest absolute Gasteiger partial charge is 0.332 e. The number of rotatable bonds is 5. The summed E-state index contributed by atoms with van der Waals surface area (Å²) in [6, 6.07) is 2.85.